The molecule has 7 heteroatoms. The van der Waals surface area contributed by atoms with Gasteiger partial charge in [-0.3, -0.25) is 0 Å². The van der Waals surface area contributed by atoms with Crippen LogP contribution in [0.5, 0.6) is 11.6 Å². The lowest BCUT2D eigenvalue weighted by Crippen LogP contribution is -2.15. The minimum atomic E-state index is -0.458. The first-order chi connectivity index (χ1) is 9.51. The molecular formula is C13H11BrFN3O2. The topological polar surface area (TPSA) is 80.7 Å². The first-order valence-electron chi connectivity index (χ1n) is 5.59. The van der Waals surface area contributed by atoms with Crippen molar-refractivity contribution in [1.82, 2.24) is 4.98 Å². The summed E-state index contributed by atoms with van der Waals surface area (Å²) in [7, 11) is 0. The largest absolute Gasteiger partial charge is 0.438 e. The van der Waals surface area contributed by atoms with Gasteiger partial charge in [-0.2, -0.15) is 0 Å². The number of nitrogens with two attached hydrogens (primary N) is 1. The van der Waals surface area contributed by atoms with Crippen LogP contribution in [0.2, 0.25) is 0 Å². The third-order valence-corrected chi connectivity index (χ3v) is 3.13. The molecule has 0 fully saturated rings. The summed E-state index contributed by atoms with van der Waals surface area (Å²) in [5.74, 6) is -0.191. The number of rotatable bonds is 3. The number of halogens is 2. The second-order valence-corrected chi connectivity index (χ2v) is 4.82. The normalized spacial score (nSPS) is 11.4. The summed E-state index contributed by atoms with van der Waals surface area (Å²) >= 11 is 3.06. The van der Waals surface area contributed by atoms with Crippen molar-refractivity contribution in [1.29, 1.82) is 0 Å². The summed E-state index contributed by atoms with van der Waals surface area (Å²) in [5.41, 5.74) is 6.56. The van der Waals surface area contributed by atoms with Crippen molar-refractivity contribution in [3.05, 3.63) is 51.9 Å². The zero-order chi connectivity index (χ0) is 14.7. The van der Waals surface area contributed by atoms with Gasteiger partial charge in [0.15, 0.2) is 5.84 Å². The molecule has 2 rings (SSSR count). The molecule has 0 atom stereocenters. The summed E-state index contributed by atoms with van der Waals surface area (Å²) < 4.78 is 19.3. The Hall–Kier alpha value is -2.15. The van der Waals surface area contributed by atoms with E-state index in [0.29, 0.717) is 15.7 Å². The lowest BCUT2D eigenvalue weighted by Gasteiger charge is -2.10. The number of benzene rings is 1. The lowest BCUT2D eigenvalue weighted by molar-refractivity contribution is 0.318. The number of nitrogens with zero attached hydrogens (tertiary/aromatic N) is 2. The number of aryl methyl sites for hydroxylation is 1. The SMILES string of the molecule is Cc1ccc(C(N)=NO)c(Oc2ccc(Br)c(F)c2)n1. The first-order valence-corrected chi connectivity index (χ1v) is 6.39. The van der Waals surface area contributed by atoms with Crippen molar-refractivity contribution >= 4 is 21.8 Å². The maximum Gasteiger partial charge on any atom is 0.230 e. The second-order valence-electron chi connectivity index (χ2n) is 3.97. The van der Waals surface area contributed by atoms with E-state index in [1.807, 2.05) is 0 Å². The molecule has 1 heterocycles. The van der Waals surface area contributed by atoms with Gasteiger partial charge in [0.05, 0.1) is 10.0 Å². The van der Waals surface area contributed by atoms with Crippen LogP contribution >= 0.6 is 15.9 Å². The predicted molar refractivity (Wildman–Crippen MR) is 75.7 cm³/mol. The molecule has 5 nitrogen and oxygen atoms in total. The molecule has 1 aromatic carbocycles. The molecule has 0 unspecified atom stereocenters. The van der Waals surface area contributed by atoms with Crippen molar-refractivity contribution in [2.75, 3.05) is 0 Å². The van der Waals surface area contributed by atoms with Gasteiger partial charge in [0.25, 0.3) is 0 Å². The van der Waals surface area contributed by atoms with E-state index in [2.05, 4.69) is 26.1 Å². The van der Waals surface area contributed by atoms with E-state index in [4.69, 9.17) is 15.7 Å². The fourth-order valence-electron chi connectivity index (χ4n) is 1.51. The summed E-state index contributed by atoms with van der Waals surface area (Å²) in [6.45, 7) is 1.77. The third-order valence-electron chi connectivity index (χ3n) is 2.49. The Morgan fingerprint density at radius 1 is 1.40 bits per heavy atom. The Bertz CT molecular complexity index is 677. The van der Waals surface area contributed by atoms with E-state index >= 15 is 0 Å². The molecule has 0 amide bonds. The number of aromatic nitrogens is 1. The van der Waals surface area contributed by atoms with Gasteiger partial charge in [-0.15, -0.1) is 0 Å². The molecule has 0 spiro atoms. The van der Waals surface area contributed by atoms with Gasteiger partial charge in [-0.25, -0.2) is 9.37 Å². The van der Waals surface area contributed by atoms with Gasteiger partial charge in [0, 0.05) is 11.8 Å². The van der Waals surface area contributed by atoms with Gasteiger partial charge in [0.1, 0.15) is 11.6 Å². The van der Waals surface area contributed by atoms with E-state index < -0.39 is 5.82 Å². The summed E-state index contributed by atoms with van der Waals surface area (Å²) in [6.07, 6.45) is 0. The Balaban J connectivity index is 2.41. The summed E-state index contributed by atoms with van der Waals surface area (Å²) in [5, 5.41) is 11.7. The Kier molecular flexibility index (Phi) is 4.19. The molecule has 0 aliphatic carbocycles. The van der Waals surface area contributed by atoms with Crippen LogP contribution in [0.25, 0.3) is 0 Å². The summed E-state index contributed by atoms with van der Waals surface area (Å²) in [6, 6.07) is 7.62. The molecule has 3 N–H and O–H groups in total. The smallest absolute Gasteiger partial charge is 0.230 e. The molecule has 104 valence electrons. The Morgan fingerprint density at radius 3 is 2.80 bits per heavy atom. The van der Waals surface area contributed by atoms with Gasteiger partial charge in [-0.05, 0) is 47.1 Å². The van der Waals surface area contributed by atoms with Crippen molar-refractivity contribution < 1.29 is 14.3 Å². The van der Waals surface area contributed by atoms with Crippen LogP contribution in [-0.4, -0.2) is 16.0 Å². The lowest BCUT2D eigenvalue weighted by atomic mass is 10.2. The van der Waals surface area contributed by atoms with E-state index in [-0.39, 0.29) is 17.5 Å². The van der Waals surface area contributed by atoms with Crippen LogP contribution in [-0.2, 0) is 0 Å². The van der Waals surface area contributed by atoms with Crippen molar-refractivity contribution in [2.45, 2.75) is 6.92 Å². The van der Waals surface area contributed by atoms with Gasteiger partial charge < -0.3 is 15.7 Å². The fraction of sp³-hybridized carbons (Fsp3) is 0.0769. The van der Waals surface area contributed by atoms with E-state index in [0.717, 1.165) is 0 Å². The molecule has 0 radical (unpaired) electrons. The Labute approximate surface area is 123 Å². The maximum absolute atomic E-state index is 13.5. The number of hydrogen-bond acceptors (Lipinski definition) is 4. The monoisotopic (exact) mass is 339 g/mol. The highest BCUT2D eigenvalue weighted by Crippen LogP contribution is 2.27. The molecule has 1 aromatic heterocycles. The van der Waals surface area contributed by atoms with Crippen molar-refractivity contribution in [3.8, 4) is 11.6 Å². The van der Waals surface area contributed by atoms with Gasteiger partial charge >= 0.3 is 0 Å². The quantitative estimate of drug-likeness (QED) is 0.389. The zero-order valence-electron chi connectivity index (χ0n) is 10.5. The zero-order valence-corrected chi connectivity index (χ0v) is 12.1. The highest BCUT2D eigenvalue weighted by Gasteiger charge is 2.12. The number of hydrogen-bond donors (Lipinski definition) is 2. The minimum absolute atomic E-state index is 0.134. The van der Waals surface area contributed by atoms with Crippen LogP contribution in [0.3, 0.4) is 0 Å². The van der Waals surface area contributed by atoms with Crippen LogP contribution < -0.4 is 10.5 Å². The molecule has 20 heavy (non-hydrogen) atoms. The molecule has 0 aliphatic rings. The van der Waals surface area contributed by atoms with Crippen LogP contribution in [0.15, 0.2) is 40.0 Å². The van der Waals surface area contributed by atoms with E-state index in [1.165, 1.54) is 12.1 Å². The van der Waals surface area contributed by atoms with Crippen LogP contribution in [0.1, 0.15) is 11.3 Å². The predicted octanol–water partition coefficient (Wildman–Crippen LogP) is 3.18. The average molecular weight is 340 g/mol. The average Bonchev–Trinajstić information content (AvgIpc) is 2.42. The molecular weight excluding hydrogens is 329 g/mol. The first kappa shape index (κ1) is 14.3. The molecule has 0 aliphatic heterocycles. The standard InChI is InChI=1S/C13H11BrFN3O2/c1-7-2-4-9(12(16)18-19)13(17-7)20-8-3-5-10(14)11(15)6-8/h2-6,19H,1H3,(H2,16,18). The van der Waals surface area contributed by atoms with Gasteiger partial charge in [0.2, 0.25) is 5.88 Å². The molecule has 0 saturated carbocycles. The highest BCUT2D eigenvalue weighted by molar-refractivity contribution is 9.10. The second kappa shape index (κ2) is 5.87. The van der Waals surface area contributed by atoms with Crippen molar-refractivity contribution in [3.63, 3.8) is 0 Å². The highest BCUT2D eigenvalue weighted by atomic mass is 79.9. The Morgan fingerprint density at radius 2 is 2.15 bits per heavy atom. The molecule has 2 aromatic rings. The molecule has 0 saturated heterocycles. The van der Waals surface area contributed by atoms with Crippen molar-refractivity contribution in [2.24, 2.45) is 10.9 Å². The van der Waals surface area contributed by atoms with Crippen LogP contribution in [0.4, 0.5) is 4.39 Å². The summed E-state index contributed by atoms with van der Waals surface area (Å²) in [4.78, 5) is 4.16. The molecule has 0 bridgehead atoms. The third kappa shape index (κ3) is 3.05. The van der Waals surface area contributed by atoms with Crippen LogP contribution in [0, 0.1) is 12.7 Å². The number of amidine groups is 1. The van der Waals surface area contributed by atoms with E-state index in [9.17, 15) is 4.39 Å². The van der Waals surface area contributed by atoms with Gasteiger partial charge in [-0.1, -0.05) is 5.16 Å². The fourth-order valence-corrected chi connectivity index (χ4v) is 1.76. The maximum atomic E-state index is 13.5. The number of oxime groups is 1. The number of ether oxygens (including phenoxy) is 1. The van der Waals surface area contributed by atoms with E-state index in [1.54, 1.807) is 25.1 Å². The number of pyridine rings is 1. The minimum Gasteiger partial charge on any atom is -0.438 e.